The Kier molecular flexibility index (Phi) is 3.13. The summed E-state index contributed by atoms with van der Waals surface area (Å²) in [6.07, 6.45) is 1.24. The van der Waals surface area contributed by atoms with Crippen LogP contribution in [0.1, 0.15) is 27.2 Å². The summed E-state index contributed by atoms with van der Waals surface area (Å²) in [4.78, 5) is 2.44. The number of rotatable bonds is 1. The van der Waals surface area contributed by atoms with Gasteiger partial charge in [-0.2, -0.15) is 0 Å². The Morgan fingerprint density at radius 3 is 2.75 bits per heavy atom. The lowest BCUT2D eigenvalue weighted by Crippen LogP contribution is -2.36. The summed E-state index contributed by atoms with van der Waals surface area (Å²) < 4.78 is 0. The molecule has 0 radical (unpaired) electrons. The Bertz CT molecular complexity index is 143. The maximum absolute atomic E-state index is 3.61. The van der Waals surface area contributed by atoms with Crippen LogP contribution in [-0.4, -0.2) is 37.6 Å². The normalized spacial score (nSPS) is 31.5. The maximum atomic E-state index is 3.61. The molecular weight excluding hydrogens is 148 g/mol. The van der Waals surface area contributed by atoms with Crippen molar-refractivity contribution in [2.24, 2.45) is 5.41 Å². The van der Waals surface area contributed by atoms with E-state index in [1.165, 1.54) is 19.5 Å². The molecule has 1 atom stereocenters. The van der Waals surface area contributed by atoms with Crippen molar-refractivity contribution in [2.75, 3.05) is 26.7 Å². The zero-order valence-corrected chi connectivity index (χ0v) is 8.85. The van der Waals surface area contributed by atoms with Crippen LogP contribution in [0.15, 0.2) is 0 Å². The van der Waals surface area contributed by atoms with E-state index in [4.69, 9.17) is 0 Å². The number of nitrogens with one attached hydrogen (secondary N) is 1. The first kappa shape index (κ1) is 10.0. The van der Waals surface area contributed by atoms with Gasteiger partial charge in [0.2, 0.25) is 0 Å². The average molecular weight is 170 g/mol. The Hall–Kier alpha value is -0.0800. The van der Waals surface area contributed by atoms with Crippen molar-refractivity contribution in [3.8, 4) is 0 Å². The first-order valence-corrected chi connectivity index (χ1v) is 4.95. The van der Waals surface area contributed by atoms with Gasteiger partial charge in [-0.05, 0) is 18.9 Å². The van der Waals surface area contributed by atoms with Crippen LogP contribution < -0.4 is 5.32 Å². The van der Waals surface area contributed by atoms with Crippen molar-refractivity contribution < 1.29 is 0 Å². The fraction of sp³-hybridized carbons (Fsp3) is 1.00. The molecule has 1 fully saturated rings. The second kappa shape index (κ2) is 3.75. The van der Waals surface area contributed by atoms with Crippen molar-refractivity contribution >= 4 is 0 Å². The van der Waals surface area contributed by atoms with E-state index in [0.29, 0.717) is 11.5 Å². The predicted octanol–water partition coefficient (Wildman–Crippen LogP) is 1.33. The summed E-state index contributed by atoms with van der Waals surface area (Å²) in [5, 5.41) is 3.61. The van der Waals surface area contributed by atoms with Gasteiger partial charge in [-0.15, -0.1) is 0 Å². The van der Waals surface area contributed by atoms with E-state index in [0.717, 1.165) is 6.54 Å². The highest BCUT2D eigenvalue weighted by Crippen LogP contribution is 2.18. The minimum atomic E-state index is 0.429. The van der Waals surface area contributed by atoms with Crippen LogP contribution in [0.2, 0.25) is 0 Å². The number of nitrogens with zero attached hydrogens (tertiary/aromatic N) is 1. The summed E-state index contributed by atoms with van der Waals surface area (Å²) in [5.74, 6) is 0. The minimum Gasteiger partial charge on any atom is -0.312 e. The Labute approximate surface area is 76.3 Å². The zero-order chi connectivity index (χ0) is 9.19. The Morgan fingerprint density at radius 1 is 1.50 bits per heavy atom. The smallest absolute Gasteiger partial charge is 0.0192 e. The van der Waals surface area contributed by atoms with Crippen LogP contribution in [0.4, 0.5) is 0 Å². The lowest BCUT2D eigenvalue weighted by molar-refractivity contribution is 0.238. The second-order valence-electron chi connectivity index (χ2n) is 4.85. The third-order valence-corrected chi connectivity index (χ3v) is 2.59. The van der Waals surface area contributed by atoms with E-state index in [1.54, 1.807) is 0 Å². The van der Waals surface area contributed by atoms with Crippen LogP contribution >= 0.6 is 0 Å². The Morgan fingerprint density at radius 2 is 2.17 bits per heavy atom. The van der Waals surface area contributed by atoms with E-state index in [9.17, 15) is 0 Å². The molecule has 2 nitrogen and oxygen atoms in total. The van der Waals surface area contributed by atoms with Gasteiger partial charge in [0, 0.05) is 25.7 Å². The van der Waals surface area contributed by atoms with Crippen LogP contribution in [0.3, 0.4) is 0 Å². The largest absolute Gasteiger partial charge is 0.312 e. The molecule has 1 aliphatic rings. The van der Waals surface area contributed by atoms with Crippen molar-refractivity contribution in [1.29, 1.82) is 0 Å². The molecule has 1 aliphatic heterocycles. The number of likely N-dealkylation sites (N-methyl/N-ethyl adjacent to an activating group) is 1. The van der Waals surface area contributed by atoms with Crippen LogP contribution in [-0.2, 0) is 0 Å². The minimum absolute atomic E-state index is 0.429. The van der Waals surface area contributed by atoms with E-state index >= 15 is 0 Å². The lowest BCUT2D eigenvalue weighted by atomic mass is 9.93. The van der Waals surface area contributed by atoms with Crippen molar-refractivity contribution in [3.63, 3.8) is 0 Å². The number of hydrogen-bond donors (Lipinski definition) is 1. The van der Waals surface area contributed by atoms with Crippen LogP contribution in [0.25, 0.3) is 0 Å². The monoisotopic (exact) mass is 170 g/mol. The highest BCUT2D eigenvalue weighted by atomic mass is 15.2. The number of hydrogen-bond acceptors (Lipinski definition) is 2. The molecule has 0 spiro atoms. The third kappa shape index (κ3) is 2.76. The van der Waals surface area contributed by atoms with Crippen molar-refractivity contribution in [1.82, 2.24) is 10.2 Å². The first-order chi connectivity index (χ1) is 5.53. The summed E-state index contributed by atoms with van der Waals surface area (Å²) in [6.45, 7) is 10.5. The summed E-state index contributed by atoms with van der Waals surface area (Å²) in [5.41, 5.74) is 0.429. The molecule has 12 heavy (non-hydrogen) atoms. The second-order valence-corrected chi connectivity index (χ2v) is 4.85. The molecule has 0 saturated carbocycles. The molecule has 0 aromatic heterocycles. The van der Waals surface area contributed by atoms with Crippen LogP contribution in [0, 0.1) is 5.41 Å². The van der Waals surface area contributed by atoms with Gasteiger partial charge in [0.05, 0.1) is 0 Å². The molecule has 1 rings (SSSR count). The van der Waals surface area contributed by atoms with Gasteiger partial charge in [-0.3, -0.25) is 0 Å². The van der Waals surface area contributed by atoms with Gasteiger partial charge < -0.3 is 10.2 Å². The van der Waals surface area contributed by atoms with Gasteiger partial charge in [-0.1, -0.05) is 20.8 Å². The van der Waals surface area contributed by atoms with Crippen molar-refractivity contribution in [3.05, 3.63) is 0 Å². The van der Waals surface area contributed by atoms with E-state index in [-0.39, 0.29) is 0 Å². The highest BCUT2D eigenvalue weighted by molar-refractivity contribution is 4.83. The average Bonchev–Trinajstić information content (AvgIpc) is 2.07. The maximum Gasteiger partial charge on any atom is 0.0192 e. The molecule has 0 aromatic rings. The molecule has 1 unspecified atom stereocenters. The molecule has 1 heterocycles. The van der Waals surface area contributed by atoms with E-state index in [1.807, 2.05) is 0 Å². The fourth-order valence-electron chi connectivity index (χ4n) is 1.99. The third-order valence-electron chi connectivity index (χ3n) is 2.59. The van der Waals surface area contributed by atoms with Gasteiger partial charge >= 0.3 is 0 Å². The molecule has 0 aromatic carbocycles. The first-order valence-electron chi connectivity index (χ1n) is 4.95. The van der Waals surface area contributed by atoms with Gasteiger partial charge in [-0.25, -0.2) is 0 Å². The summed E-state index contributed by atoms with van der Waals surface area (Å²) in [6, 6.07) is 0.691. The molecule has 0 bridgehead atoms. The predicted molar refractivity (Wildman–Crippen MR) is 53.4 cm³/mol. The van der Waals surface area contributed by atoms with E-state index in [2.05, 4.69) is 38.0 Å². The van der Waals surface area contributed by atoms with Crippen LogP contribution in [0.5, 0.6) is 0 Å². The molecule has 0 aliphatic carbocycles. The summed E-state index contributed by atoms with van der Waals surface area (Å²) in [7, 11) is 2.22. The molecule has 0 amide bonds. The highest BCUT2D eigenvalue weighted by Gasteiger charge is 2.25. The SMILES string of the molecule is CCC1CN(C)CC(C)(C)CN1. The van der Waals surface area contributed by atoms with E-state index < -0.39 is 0 Å². The zero-order valence-electron chi connectivity index (χ0n) is 8.85. The summed E-state index contributed by atoms with van der Waals surface area (Å²) >= 11 is 0. The molecular formula is C10H22N2. The fourth-order valence-corrected chi connectivity index (χ4v) is 1.99. The quantitative estimate of drug-likeness (QED) is 0.638. The Balaban J connectivity index is 2.53. The van der Waals surface area contributed by atoms with Crippen molar-refractivity contribution in [2.45, 2.75) is 33.2 Å². The van der Waals surface area contributed by atoms with Gasteiger partial charge in [0.1, 0.15) is 0 Å². The molecule has 72 valence electrons. The van der Waals surface area contributed by atoms with Gasteiger partial charge in [0.15, 0.2) is 0 Å². The van der Waals surface area contributed by atoms with Gasteiger partial charge in [0.25, 0.3) is 0 Å². The molecule has 2 heteroatoms. The molecule has 1 saturated heterocycles. The molecule has 1 N–H and O–H groups in total. The lowest BCUT2D eigenvalue weighted by Gasteiger charge is -2.25. The standard InChI is InChI=1S/C10H22N2/c1-5-9-6-12(4)8-10(2,3)7-11-9/h9,11H,5-8H2,1-4H3. The topological polar surface area (TPSA) is 15.3 Å².